The maximum absolute atomic E-state index is 11.4. The van der Waals surface area contributed by atoms with Crippen molar-refractivity contribution in [2.75, 3.05) is 26.7 Å². The maximum atomic E-state index is 11.4. The van der Waals surface area contributed by atoms with E-state index in [4.69, 9.17) is 5.73 Å². The van der Waals surface area contributed by atoms with Crippen LogP contribution in [-0.4, -0.2) is 42.3 Å². The molecular formula is C17H34N2O. The fourth-order valence-electron chi connectivity index (χ4n) is 4.57. The van der Waals surface area contributed by atoms with Crippen LogP contribution in [0.15, 0.2) is 0 Å². The van der Waals surface area contributed by atoms with Crippen molar-refractivity contribution in [3.05, 3.63) is 0 Å². The van der Waals surface area contributed by atoms with Crippen LogP contribution in [0.4, 0.5) is 0 Å². The highest BCUT2D eigenvalue weighted by molar-refractivity contribution is 5.03. The lowest BCUT2D eigenvalue weighted by atomic mass is 9.59. The third kappa shape index (κ3) is 3.20. The van der Waals surface area contributed by atoms with Crippen molar-refractivity contribution in [2.24, 2.45) is 17.1 Å². The van der Waals surface area contributed by atoms with Crippen molar-refractivity contribution in [3.63, 3.8) is 0 Å². The molecule has 1 atom stereocenters. The van der Waals surface area contributed by atoms with Gasteiger partial charge in [0.15, 0.2) is 0 Å². The van der Waals surface area contributed by atoms with E-state index >= 15 is 0 Å². The van der Waals surface area contributed by atoms with Crippen LogP contribution in [0.25, 0.3) is 0 Å². The molecule has 2 fully saturated rings. The van der Waals surface area contributed by atoms with Gasteiger partial charge >= 0.3 is 0 Å². The van der Waals surface area contributed by atoms with Crippen molar-refractivity contribution < 1.29 is 5.11 Å². The predicted molar refractivity (Wildman–Crippen MR) is 84.7 cm³/mol. The smallest absolute Gasteiger partial charge is 0.0728 e. The van der Waals surface area contributed by atoms with Crippen molar-refractivity contribution in [3.8, 4) is 0 Å². The molecule has 118 valence electrons. The Morgan fingerprint density at radius 2 is 1.85 bits per heavy atom. The largest absolute Gasteiger partial charge is 0.389 e. The normalized spacial score (nSPS) is 40.5. The molecule has 1 saturated heterocycles. The number of nitrogens with two attached hydrogens (primary N) is 1. The van der Waals surface area contributed by atoms with Crippen LogP contribution in [0.3, 0.4) is 0 Å². The van der Waals surface area contributed by atoms with E-state index in [1.807, 2.05) is 0 Å². The van der Waals surface area contributed by atoms with Gasteiger partial charge in [-0.25, -0.2) is 0 Å². The summed E-state index contributed by atoms with van der Waals surface area (Å²) < 4.78 is 0. The van der Waals surface area contributed by atoms with Gasteiger partial charge in [-0.05, 0) is 64.5 Å². The van der Waals surface area contributed by atoms with E-state index in [2.05, 4.69) is 18.9 Å². The monoisotopic (exact) mass is 282 g/mol. The molecular weight excluding hydrogens is 248 g/mol. The van der Waals surface area contributed by atoms with Gasteiger partial charge in [0.25, 0.3) is 0 Å². The average Bonchev–Trinajstić information content (AvgIpc) is 2.63. The lowest BCUT2D eigenvalue weighted by Crippen LogP contribution is -2.54. The van der Waals surface area contributed by atoms with Gasteiger partial charge in [0.2, 0.25) is 0 Å². The van der Waals surface area contributed by atoms with Crippen LogP contribution in [0.1, 0.15) is 64.7 Å². The van der Waals surface area contributed by atoms with Crippen LogP contribution in [0.2, 0.25) is 0 Å². The molecule has 1 aliphatic heterocycles. The van der Waals surface area contributed by atoms with E-state index in [-0.39, 0.29) is 5.41 Å². The first kappa shape index (κ1) is 16.3. The topological polar surface area (TPSA) is 49.5 Å². The molecule has 3 N–H and O–H groups in total. The van der Waals surface area contributed by atoms with Crippen LogP contribution < -0.4 is 5.73 Å². The highest BCUT2D eigenvalue weighted by Crippen LogP contribution is 2.50. The molecule has 0 spiro atoms. The number of nitrogens with zero attached hydrogens (tertiary/aromatic N) is 1. The summed E-state index contributed by atoms with van der Waals surface area (Å²) in [6, 6.07) is 0. The fourth-order valence-corrected chi connectivity index (χ4v) is 4.57. The minimum Gasteiger partial charge on any atom is -0.389 e. The summed E-state index contributed by atoms with van der Waals surface area (Å²) in [4.78, 5) is 2.35. The summed E-state index contributed by atoms with van der Waals surface area (Å²) >= 11 is 0. The lowest BCUT2D eigenvalue weighted by molar-refractivity contribution is -0.114. The second-order valence-corrected chi connectivity index (χ2v) is 7.40. The average molecular weight is 282 g/mol. The second kappa shape index (κ2) is 6.76. The molecule has 3 nitrogen and oxygen atoms in total. The van der Waals surface area contributed by atoms with E-state index in [1.165, 1.54) is 25.7 Å². The van der Waals surface area contributed by atoms with Crippen molar-refractivity contribution in [1.82, 2.24) is 4.90 Å². The van der Waals surface area contributed by atoms with Gasteiger partial charge < -0.3 is 15.7 Å². The molecule has 0 radical (unpaired) electrons. The summed E-state index contributed by atoms with van der Waals surface area (Å²) in [7, 11) is 2.17. The first-order valence-electron chi connectivity index (χ1n) is 8.66. The molecule has 1 saturated carbocycles. The summed E-state index contributed by atoms with van der Waals surface area (Å²) in [5.74, 6) is 0.872. The van der Waals surface area contributed by atoms with Gasteiger partial charge in [-0.3, -0.25) is 0 Å². The highest BCUT2D eigenvalue weighted by Gasteiger charge is 2.50. The summed E-state index contributed by atoms with van der Waals surface area (Å²) in [5, 5.41) is 11.4. The molecule has 1 heterocycles. The van der Waals surface area contributed by atoms with E-state index in [9.17, 15) is 5.11 Å². The standard InChI is InChI=1S/C17H34N2O/c1-3-5-15-6-9-16(14-18,10-7-15)17(20)8-4-12-19(2)13-11-17/h15,20H,3-14,18H2,1-2H3. The van der Waals surface area contributed by atoms with Gasteiger partial charge in [-0.2, -0.15) is 0 Å². The molecule has 2 rings (SSSR count). The highest BCUT2D eigenvalue weighted by atomic mass is 16.3. The van der Waals surface area contributed by atoms with Gasteiger partial charge in [-0.1, -0.05) is 19.8 Å². The Balaban J connectivity index is 2.06. The Bertz CT molecular complexity index is 299. The van der Waals surface area contributed by atoms with Crippen LogP contribution in [0, 0.1) is 11.3 Å². The summed E-state index contributed by atoms with van der Waals surface area (Å²) in [6.07, 6.45) is 10.4. The minimum atomic E-state index is -0.524. The number of likely N-dealkylation sites (tertiary alicyclic amines) is 1. The van der Waals surface area contributed by atoms with Gasteiger partial charge in [0, 0.05) is 18.5 Å². The Morgan fingerprint density at radius 3 is 2.45 bits per heavy atom. The molecule has 20 heavy (non-hydrogen) atoms. The molecule has 3 heteroatoms. The van der Waals surface area contributed by atoms with Crippen LogP contribution in [0.5, 0.6) is 0 Å². The van der Waals surface area contributed by atoms with Gasteiger partial charge in [0.05, 0.1) is 5.60 Å². The first-order chi connectivity index (χ1) is 9.55. The second-order valence-electron chi connectivity index (χ2n) is 7.40. The SMILES string of the molecule is CCCC1CCC(CN)(C2(O)CCCN(C)CC2)CC1. The number of rotatable bonds is 4. The number of hydrogen-bond acceptors (Lipinski definition) is 3. The Labute approximate surface area is 124 Å². The minimum absolute atomic E-state index is 0.0115. The zero-order valence-corrected chi connectivity index (χ0v) is 13.5. The molecule has 0 aromatic heterocycles. The molecule has 2 aliphatic rings. The first-order valence-corrected chi connectivity index (χ1v) is 8.66. The Hall–Kier alpha value is -0.120. The van der Waals surface area contributed by atoms with Crippen LogP contribution >= 0.6 is 0 Å². The molecule has 1 unspecified atom stereocenters. The predicted octanol–water partition coefficient (Wildman–Crippen LogP) is 2.77. The maximum Gasteiger partial charge on any atom is 0.0728 e. The Kier molecular flexibility index (Phi) is 5.49. The van der Waals surface area contributed by atoms with E-state index in [0.717, 1.165) is 51.1 Å². The quantitative estimate of drug-likeness (QED) is 0.833. The van der Waals surface area contributed by atoms with Crippen molar-refractivity contribution in [2.45, 2.75) is 70.3 Å². The third-order valence-corrected chi connectivity index (χ3v) is 6.17. The zero-order valence-electron chi connectivity index (χ0n) is 13.5. The molecule has 1 aliphatic carbocycles. The number of aliphatic hydroxyl groups is 1. The fraction of sp³-hybridized carbons (Fsp3) is 1.00. The van der Waals surface area contributed by atoms with Gasteiger partial charge in [-0.15, -0.1) is 0 Å². The summed E-state index contributed by atoms with van der Waals surface area (Å²) in [5.41, 5.74) is 5.65. The van der Waals surface area contributed by atoms with Crippen molar-refractivity contribution in [1.29, 1.82) is 0 Å². The summed E-state index contributed by atoms with van der Waals surface area (Å²) in [6.45, 7) is 5.06. The van der Waals surface area contributed by atoms with E-state index in [1.54, 1.807) is 0 Å². The van der Waals surface area contributed by atoms with Gasteiger partial charge in [0.1, 0.15) is 0 Å². The molecule has 0 aromatic rings. The van der Waals surface area contributed by atoms with E-state index in [0.29, 0.717) is 6.54 Å². The third-order valence-electron chi connectivity index (χ3n) is 6.17. The zero-order chi connectivity index (χ0) is 14.6. The molecule has 0 bridgehead atoms. The molecule has 0 aromatic carbocycles. The lowest BCUT2D eigenvalue weighted by Gasteiger charge is -2.50. The van der Waals surface area contributed by atoms with E-state index < -0.39 is 5.60 Å². The van der Waals surface area contributed by atoms with Crippen LogP contribution in [-0.2, 0) is 0 Å². The number of hydrogen-bond donors (Lipinski definition) is 2. The molecule has 0 amide bonds. The Morgan fingerprint density at radius 1 is 1.15 bits per heavy atom. The van der Waals surface area contributed by atoms with Crippen molar-refractivity contribution >= 4 is 0 Å².